The number of benzene rings is 1. The summed E-state index contributed by atoms with van der Waals surface area (Å²) in [5.74, 6) is -0.0824. The van der Waals surface area contributed by atoms with Crippen molar-refractivity contribution in [3.63, 3.8) is 0 Å². The van der Waals surface area contributed by atoms with E-state index in [1.165, 1.54) is 29.1 Å². The molecule has 0 spiro atoms. The van der Waals surface area contributed by atoms with E-state index in [1.54, 1.807) is 0 Å². The molecule has 1 saturated heterocycles. The van der Waals surface area contributed by atoms with Crippen molar-refractivity contribution in [3.05, 3.63) is 51.7 Å². The van der Waals surface area contributed by atoms with Crippen LogP contribution in [0, 0.1) is 0 Å². The van der Waals surface area contributed by atoms with Gasteiger partial charge in [0.1, 0.15) is 4.88 Å². The number of amides is 1. The van der Waals surface area contributed by atoms with E-state index in [0.717, 1.165) is 56.2 Å². The maximum atomic E-state index is 12.6. The lowest BCUT2D eigenvalue weighted by Crippen LogP contribution is -2.32. The van der Waals surface area contributed by atoms with Crippen molar-refractivity contribution < 1.29 is 19.4 Å². The summed E-state index contributed by atoms with van der Waals surface area (Å²) in [6.45, 7) is 5.89. The molecule has 1 unspecified atom stereocenters. The zero-order valence-corrected chi connectivity index (χ0v) is 21.6. The number of esters is 1. The van der Waals surface area contributed by atoms with Crippen LogP contribution in [-0.4, -0.2) is 29.1 Å². The Morgan fingerprint density at radius 2 is 1.88 bits per heavy atom. The summed E-state index contributed by atoms with van der Waals surface area (Å²) in [5.41, 5.74) is 1.84. The van der Waals surface area contributed by atoms with Crippen molar-refractivity contribution in [2.75, 3.05) is 4.90 Å². The summed E-state index contributed by atoms with van der Waals surface area (Å²) in [6.07, 6.45) is 9.05. The van der Waals surface area contributed by atoms with Crippen molar-refractivity contribution in [2.24, 2.45) is 0 Å². The largest absolute Gasteiger partial charge is 0.459 e. The first kappa shape index (κ1) is 26.4. The average molecular weight is 486 g/mol. The second kappa shape index (κ2) is 13.1. The van der Waals surface area contributed by atoms with E-state index in [9.17, 15) is 14.7 Å². The number of nitrogens with zero attached hydrogens (tertiary/aromatic N) is 1. The molecule has 3 rings (SSSR count). The molecule has 1 fully saturated rings. The molecule has 0 bridgehead atoms. The normalized spacial score (nSPS) is 16.9. The van der Waals surface area contributed by atoms with Crippen LogP contribution >= 0.6 is 11.3 Å². The van der Waals surface area contributed by atoms with Gasteiger partial charge in [0, 0.05) is 23.0 Å². The van der Waals surface area contributed by atoms with Crippen molar-refractivity contribution >= 4 is 28.9 Å². The first-order valence-corrected chi connectivity index (χ1v) is 13.6. The van der Waals surface area contributed by atoms with Crippen molar-refractivity contribution in [2.45, 2.75) is 103 Å². The van der Waals surface area contributed by atoms with Gasteiger partial charge in [0.05, 0.1) is 12.2 Å². The summed E-state index contributed by atoms with van der Waals surface area (Å²) in [6, 6.07) is 11.9. The Bertz CT molecular complexity index is 921. The fourth-order valence-corrected chi connectivity index (χ4v) is 5.50. The Labute approximate surface area is 208 Å². The topological polar surface area (TPSA) is 66.8 Å². The fraction of sp³-hybridized carbons (Fsp3) is 0.571. The summed E-state index contributed by atoms with van der Waals surface area (Å²) in [7, 11) is 0. The van der Waals surface area contributed by atoms with Gasteiger partial charge in [-0.25, -0.2) is 4.79 Å². The van der Waals surface area contributed by atoms with Crippen LogP contribution in [0.2, 0.25) is 0 Å². The standard InChI is InChI=1S/C28H39NO4S/c1-4-5-6-7-11-25(30)21-12-14-23(15-13-21)29-22(16-19-27(29)31)9-8-10-24-17-18-26(34-24)28(32)33-20(2)3/h12-15,17-18,20,22,25,30H,4-11,16,19H2,1-3H3/t22?,25-/m1/s1. The van der Waals surface area contributed by atoms with E-state index in [4.69, 9.17) is 4.74 Å². The SMILES string of the molecule is CCCCCC[C@@H](O)c1ccc(N2C(=O)CCC2CCCc2ccc(C(=O)OC(C)C)s2)cc1. The van der Waals surface area contributed by atoms with Gasteiger partial charge in [-0.3, -0.25) is 4.79 Å². The van der Waals surface area contributed by atoms with E-state index in [-0.39, 0.29) is 24.0 Å². The smallest absolute Gasteiger partial charge is 0.348 e. The molecule has 1 aliphatic heterocycles. The molecule has 5 nitrogen and oxygen atoms in total. The van der Waals surface area contributed by atoms with Crippen LogP contribution in [0.25, 0.3) is 0 Å². The van der Waals surface area contributed by atoms with E-state index in [2.05, 4.69) is 6.92 Å². The van der Waals surface area contributed by atoms with Gasteiger partial charge < -0.3 is 14.7 Å². The highest BCUT2D eigenvalue weighted by atomic mass is 32.1. The molecular weight excluding hydrogens is 446 g/mol. The van der Waals surface area contributed by atoms with Gasteiger partial charge in [-0.1, -0.05) is 44.7 Å². The van der Waals surface area contributed by atoms with Gasteiger partial charge in [0.2, 0.25) is 5.91 Å². The second-order valence-electron chi connectivity index (χ2n) is 9.53. The highest BCUT2D eigenvalue weighted by Gasteiger charge is 2.31. The number of thiophene rings is 1. The number of hydrogen-bond donors (Lipinski definition) is 1. The minimum absolute atomic E-state index is 0.118. The number of carbonyl (C=O) groups is 2. The molecule has 2 atom stereocenters. The Balaban J connectivity index is 1.52. The number of ether oxygens (including phenoxy) is 1. The first-order chi connectivity index (χ1) is 16.4. The lowest BCUT2D eigenvalue weighted by molar-refractivity contribution is -0.117. The maximum Gasteiger partial charge on any atom is 0.348 e. The van der Waals surface area contributed by atoms with Crippen LogP contribution < -0.4 is 4.90 Å². The minimum atomic E-state index is -0.440. The highest BCUT2D eigenvalue weighted by Crippen LogP contribution is 2.31. The van der Waals surface area contributed by atoms with Crippen LogP contribution in [0.5, 0.6) is 0 Å². The van der Waals surface area contributed by atoms with Gasteiger partial charge >= 0.3 is 5.97 Å². The zero-order valence-electron chi connectivity index (χ0n) is 20.8. The molecule has 2 aromatic rings. The quantitative estimate of drug-likeness (QED) is 0.249. The van der Waals surface area contributed by atoms with Gasteiger partial charge in [-0.15, -0.1) is 11.3 Å². The molecule has 0 aliphatic carbocycles. The van der Waals surface area contributed by atoms with Crippen LogP contribution in [-0.2, 0) is 16.0 Å². The molecule has 1 amide bonds. The maximum absolute atomic E-state index is 12.6. The lowest BCUT2D eigenvalue weighted by Gasteiger charge is -2.25. The van der Waals surface area contributed by atoms with Crippen molar-refractivity contribution in [3.8, 4) is 0 Å². The van der Waals surface area contributed by atoms with Gasteiger partial charge in [-0.05, 0) is 75.8 Å². The number of carbonyl (C=O) groups excluding carboxylic acids is 2. The van der Waals surface area contributed by atoms with Crippen LogP contribution in [0.3, 0.4) is 0 Å². The molecule has 6 heteroatoms. The number of hydrogen-bond acceptors (Lipinski definition) is 5. The molecule has 1 N–H and O–H groups in total. The number of aryl methyl sites for hydroxylation is 1. The summed E-state index contributed by atoms with van der Waals surface area (Å²) < 4.78 is 5.27. The van der Waals surface area contributed by atoms with Crippen LogP contribution in [0.15, 0.2) is 36.4 Å². The van der Waals surface area contributed by atoms with E-state index in [0.29, 0.717) is 11.3 Å². The van der Waals surface area contributed by atoms with E-state index in [1.807, 2.05) is 55.1 Å². The third-order valence-corrected chi connectivity index (χ3v) is 7.50. The summed E-state index contributed by atoms with van der Waals surface area (Å²) in [5, 5.41) is 10.5. The highest BCUT2D eigenvalue weighted by molar-refractivity contribution is 7.13. The molecule has 34 heavy (non-hydrogen) atoms. The van der Waals surface area contributed by atoms with Gasteiger partial charge in [0.15, 0.2) is 0 Å². The van der Waals surface area contributed by atoms with Gasteiger partial charge in [-0.2, -0.15) is 0 Å². The number of aliphatic hydroxyl groups is 1. The fourth-order valence-electron chi connectivity index (χ4n) is 4.57. The third kappa shape index (κ3) is 7.41. The third-order valence-electron chi connectivity index (χ3n) is 6.38. The Kier molecular flexibility index (Phi) is 10.1. The average Bonchev–Trinajstić information content (AvgIpc) is 3.43. The summed E-state index contributed by atoms with van der Waals surface area (Å²) in [4.78, 5) is 28.5. The van der Waals surface area contributed by atoms with E-state index < -0.39 is 6.10 Å². The van der Waals surface area contributed by atoms with Gasteiger partial charge in [0.25, 0.3) is 0 Å². The van der Waals surface area contributed by atoms with Crippen LogP contribution in [0.4, 0.5) is 5.69 Å². The molecule has 0 saturated carbocycles. The Hall–Kier alpha value is -2.18. The van der Waals surface area contributed by atoms with Crippen molar-refractivity contribution in [1.29, 1.82) is 0 Å². The predicted molar refractivity (Wildman–Crippen MR) is 138 cm³/mol. The number of aliphatic hydroxyl groups excluding tert-OH is 1. The lowest BCUT2D eigenvalue weighted by atomic mass is 10.0. The number of unbranched alkanes of at least 4 members (excludes halogenated alkanes) is 3. The Morgan fingerprint density at radius 1 is 1.12 bits per heavy atom. The molecular formula is C28H39NO4S. The second-order valence-corrected chi connectivity index (χ2v) is 10.7. The molecule has 2 heterocycles. The number of anilines is 1. The number of rotatable bonds is 13. The van der Waals surface area contributed by atoms with Crippen molar-refractivity contribution in [1.82, 2.24) is 0 Å². The molecule has 1 aromatic carbocycles. The van der Waals surface area contributed by atoms with Crippen LogP contribution in [0.1, 0.15) is 105 Å². The zero-order chi connectivity index (χ0) is 24.5. The summed E-state index contributed by atoms with van der Waals surface area (Å²) >= 11 is 1.50. The monoisotopic (exact) mass is 485 g/mol. The van der Waals surface area contributed by atoms with E-state index >= 15 is 0 Å². The molecule has 1 aliphatic rings. The molecule has 186 valence electrons. The minimum Gasteiger partial charge on any atom is -0.459 e. The Morgan fingerprint density at radius 3 is 2.59 bits per heavy atom. The first-order valence-electron chi connectivity index (χ1n) is 12.8. The predicted octanol–water partition coefficient (Wildman–Crippen LogP) is 6.84. The molecule has 0 radical (unpaired) electrons. The molecule has 1 aromatic heterocycles.